The van der Waals surface area contributed by atoms with E-state index >= 15 is 0 Å². The topological polar surface area (TPSA) is 61.0 Å². The molecule has 4 nitrogen and oxygen atoms in total. The van der Waals surface area contributed by atoms with Crippen LogP contribution in [0.3, 0.4) is 0 Å². The smallest absolute Gasteiger partial charge is 0.222 e. The predicted octanol–water partition coefficient (Wildman–Crippen LogP) is 3.25. The average Bonchev–Trinajstić information content (AvgIpc) is 2.38. The molecule has 1 aromatic carbocycles. The summed E-state index contributed by atoms with van der Waals surface area (Å²) in [7, 11) is 0. The van der Waals surface area contributed by atoms with Gasteiger partial charge in [0.25, 0.3) is 0 Å². The Labute approximate surface area is 117 Å². The van der Waals surface area contributed by atoms with E-state index in [1.807, 2.05) is 32.0 Å². The summed E-state index contributed by atoms with van der Waals surface area (Å²) in [5, 5.41) is 0.599. The number of aromatic nitrogens is 2. The molecular weight excluding hydrogens is 262 g/mol. The van der Waals surface area contributed by atoms with Crippen molar-refractivity contribution in [3.8, 4) is 11.6 Å². The Morgan fingerprint density at radius 2 is 2.05 bits per heavy atom. The maximum atomic E-state index is 6.09. The summed E-state index contributed by atoms with van der Waals surface area (Å²) in [6, 6.07) is 7.26. The molecule has 0 fully saturated rings. The van der Waals surface area contributed by atoms with E-state index in [1.54, 1.807) is 6.07 Å². The van der Waals surface area contributed by atoms with Crippen LogP contribution in [-0.2, 0) is 13.0 Å². The molecule has 0 atom stereocenters. The number of halogens is 1. The molecule has 0 amide bonds. The molecule has 0 aliphatic heterocycles. The molecule has 0 unspecified atom stereocenters. The summed E-state index contributed by atoms with van der Waals surface area (Å²) in [6.07, 6.45) is 0.840. The monoisotopic (exact) mass is 277 g/mol. The number of aryl methyl sites for hydroxylation is 2. The molecule has 0 radical (unpaired) electrons. The zero-order chi connectivity index (χ0) is 13.8. The first-order valence-corrected chi connectivity index (χ1v) is 6.51. The maximum absolute atomic E-state index is 6.09. The highest BCUT2D eigenvalue weighted by Crippen LogP contribution is 2.26. The lowest BCUT2D eigenvalue weighted by Crippen LogP contribution is -1.99. The van der Waals surface area contributed by atoms with Gasteiger partial charge in [-0.15, -0.1) is 0 Å². The minimum Gasteiger partial charge on any atom is -0.439 e. The maximum Gasteiger partial charge on any atom is 0.222 e. The second-order valence-corrected chi connectivity index (χ2v) is 4.56. The second kappa shape index (κ2) is 5.99. The van der Waals surface area contributed by atoms with Gasteiger partial charge in [-0.25, -0.2) is 4.98 Å². The van der Waals surface area contributed by atoms with Crippen molar-refractivity contribution in [2.75, 3.05) is 0 Å². The Hall–Kier alpha value is -1.65. The van der Waals surface area contributed by atoms with E-state index in [0.717, 1.165) is 17.7 Å². The quantitative estimate of drug-likeness (QED) is 0.932. The first-order valence-electron chi connectivity index (χ1n) is 6.13. The molecule has 2 N–H and O–H groups in total. The van der Waals surface area contributed by atoms with E-state index in [0.29, 0.717) is 29.0 Å². The van der Waals surface area contributed by atoms with Crippen LogP contribution >= 0.6 is 11.6 Å². The molecular formula is C14H16ClN3O. The van der Waals surface area contributed by atoms with Gasteiger partial charge >= 0.3 is 0 Å². The number of rotatable bonds is 4. The third-order valence-electron chi connectivity index (χ3n) is 2.70. The van der Waals surface area contributed by atoms with Crippen molar-refractivity contribution in [3.05, 3.63) is 46.4 Å². The van der Waals surface area contributed by atoms with Gasteiger partial charge in [-0.1, -0.05) is 24.6 Å². The molecule has 0 aliphatic carbocycles. The highest BCUT2D eigenvalue weighted by Gasteiger charge is 2.05. The fourth-order valence-corrected chi connectivity index (χ4v) is 1.96. The lowest BCUT2D eigenvalue weighted by molar-refractivity contribution is 0.458. The van der Waals surface area contributed by atoms with Crippen LogP contribution in [0.25, 0.3) is 0 Å². The van der Waals surface area contributed by atoms with Crippen LogP contribution in [0, 0.1) is 6.92 Å². The molecule has 0 aliphatic rings. The number of ether oxygens (including phenoxy) is 1. The van der Waals surface area contributed by atoms with Gasteiger partial charge in [0.15, 0.2) is 0 Å². The summed E-state index contributed by atoms with van der Waals surface area (Å²) in [4.78, 5) is 8.55. The lowest BCUT2D eigenvalue weighted by atomic mass is 10.2. The highest BCUT2D eigenvalue weighted by atomic mass is 35.5. The molecule has 19 heavy (non-hydrogen) atoms. The number of hydrogen-bond donors (Lipinski definition) is 1. The fourth-order valence-electron chi connectivity index (χ4n) is 1.71. The van der Waals surface area contributed by atoms with Crippen LogP contribution in [-0.4, -0.2) is 9.97 Å². The SMILES string of the molecule is CCc1cc(Oc2ccc(CN)c(Cl)c2)nc(C)n1. The Balaban J connectivity index is 2.25. The van der Waals surface area contributed by atoms with Gasteiger partial charge in [-0.05, 0) is 31.0 Å². The van der Waals surface area contributed by atoms with Gasteiger partial charge in [0, 0.05) is 23.3 Å². The van der Waals surface area contributed by atoms with Crippen molar-refractivity contribution >= 4 is 11.6 Å². The van der Waals surface area contributed by atoms with Crippen LogP contribution < -0.4 is 10.5 Å². The van der Waals surface area contributed by atoms with Gasteiger partial charge in [0.2, 0.25) is 5.88 Å². The van der Waals surface area contributed by atoms with Crippen molar-refractivity contribution in [2.24, 2.45) is 5.73 Å². The van der Waals surface area contributed by atoms with Crippen molar-refractivity contribution in [2.45, 2.75) is 26.8 Å². The van der Waals surface area contributed by atoms with Crippen LogP contribution in [0.5, 0.6) is 11.6 Å². The highest BCUT2D eigenvalue weighted by molar-refractivity contribution is 6.31. The molecule has 2 rings (SSSR count). The molecule has 1 aromatic heterocycles. The summed E-state index contributed by atoms with van der Waals surface area (Å²) in [5.74, 6) is 1.86. The molecule has 2 aromatic rings. The predicted molar refractivity (Wildman–Crippen MR) is 75.6 cm³/mol. The average molecular weight is 278 g/mol. The third kappa shape index (κ3) is 3.43. The van der Waals surface area contributed by atoms with E-state index < -0.39 is 0 Å². The zero-order valence-corrected chi connectivity index (χ0v) is 11.7. The largest absolute Gasteiger partial charge is 0.439 e. The molecule has 1 heterocycles. The molecule has 0 saturated carbocycles. The number of benzene rings is 1. The van der Waals surface area contributed by atoms with Crippen molar-refractivity contribution in [1.29, 1.82) is 0 Å². The van der Waals surface area contributed by atoms with Crippen LogP contribution in [0.1, 0.15) is 24.0 Å². The van der Waals surface area contributed by atoms with Crippen LogP contribution in [0.2, 0.25) is 5.02 Å². The third-order valence-corrected chi connectivity index (χ3v) is 3.05. The lowest BCUT2D eigenvalue weighted by Gasteiger charge is -2.08. The summed E-state index contributed by atoms with van der Waals surface area (Å²) in [5.41, 5.74) is 7.41. The number of nitrogens with two attached hydrogens (primary N) is 1. The van der Waals surface area contributed by atoms with Gasteiger partial charge in [-0.3, -0.25) is 0 Å². The first kappa shape index (κ1) is 13.8. The summed E-state index contributed by atoms with van der Waals surface area (Å²) in [6.45, 7) is 4.29. The normalized spacial score (nSPS) is 10.5. The summed E-state index contributed by atoms with van der Waals surface area (Å²) < 4.78 is 5.71. The summed E-state index contributed by atoms with van der Waals surface area (Å²) >= 11 is 6.09. The van der Waals surface area contributed by atoms with E-state index in [-0.39, 0.29) is 0 Å². The molecule has 5 heteroatoms. The van der Waals surface area contributed by atoms with E-state index in [2.05, 4.69) is 9.97 Å². The van der Waals surface area contributed by atoms with Gasteiger partial charge in [0.05, 0.1) is 0 Å². The van der Waals surface area contributed by atoms with Gasteiger partial charge < -0.3 is 10.5 Å². The minimum atomic E-state index is 0.408. The van der Waals surface area contributed by atoms with E-state index in [4.69, 9.17) is 22.1 Å². The Morgan fingerprint density at radius 3 is 2.68 bits per heavy atom. The zero-order valence-electron chi connectivity index (χ0n) is 11.0. The second-order valence-electron chi connectivity index (χ2n) is 4.16. The van der Waals surface area contributed by atoms with Crippen LogP contribution in [0.15, 0.2) is 24.3 Å². The van der Waals surface area contributed by atoms with Gasteiger partial charge in [0.1, 0.15) is 11.6 Å². The minimum absolute atomic E-state index is 0.408. The standard InChI is InChI=1S/C14H16ClN3O/c1-3-11-6-14(18-9(2)17-11)19-12-5-4-10(8-16)13(15)7-12/h4-7H,3,8,16H2,1-2H3. The van der Waals surface area contributed by atoms with Crippen LogP contribution in [0.4, 0.5) is 0 Å². The molecule has 0 saturated heterocycles. The van der Waals surface area contributed by atoms with E-state index in [9.17, 15) is 0 Å². The molecule has 0 spiro atoms. The van der Waals surface area contributed by atoms with Crippen molar-refractivity contribution in [1.82, 2.24) is 9.97 Å². The molecule has 100 valence electrons. The molecule has 0 bridgehead atoms. The fraction of sp³-hybridized carbons (Fsp3) is 0.286. The number of nitrogens with zero attached hydrogens (tertiary/aromatic N) is 2. The van der Waals surface area contributed by atoms with Crippen molar-refractivity contribution < 1.29 is 4.74 Å². The Kier molecular flexibility index (Phi) is 4.35. The number of hydrogen-bond acceptors (Lipinski definition) is 4. The van der Waals surface area contributed by atoms with Gasteiger partial charge in [-0.2, -0.15) is 4.98 Å². The Morgan fingerprint density at radius 1 is 1.26 bits per heavy atom. The first-order chi connectivity index (χ1) is 9.12. The van der Waals surface area contributed by atoms with Crippen molar-refractivity contribution in [3.63, 3.8) is 0 Å². The Bertz CT molecular complexity index is 587. The van der Waals surface area contributed by atoms with E-state index in [1.165, 1.54) is 0 Å².